The Morgan fingerprint density at radius 2 is 0.700 bits per heavy atom. The van der Waals surface area contributed by atoms with Crippen molar-refractivity contribution in [3.63, 3.8) is 0 Å². The molecule has 0 aliphatic carbocycles. The van der Waals surface area contributed by atoms with E-state index >= 15 is 0 Å². The van der Waals surface area contributed by atoms with Gasteiger partial charge in [0.15, 0.2) is 0 Å². The average Bonchev–Trinajstić information content (AvgIpc) is 2.48. The molecule has 0 spiro atoms. The summed E-state index contributed by atoms with van der Waals surface area (Å²) in [5.74, 6) is 0. The molecule has 6 heteroatoms. The third kappa shape index (κ3) is 10.7. The second kappa shape index (κ2) is 14.2. The van der Waals surface area contributed by atoms with Gasteiger partial charge in [-0.1, -0.05) is 0 Å². The Labute approximate surface area is 124 Å². The molecule has 0 aliphatic rings. The van der Waals surface area contributed by atoms with Gasteiger partial charge in [-0.25, -0.2) is 0 Å². The molecule has 0 rings (SSSR count). The van der Waals surface area contributed by atoms with Gasteiger partial charge in [-0.2, -0.15) is 21.0 Å². The molecule has 0 unspecified atom stereocenters. The van der Waals surface area contributed by atoms with E-state index in [0.29, 0.717) is 25.7 Å². The van der Waals surface area contributed by atoms with Crippen molar-refractivity contribution in [3.05, 3.63) is 0 Å². The number of nitrogens with zero attached hydrogens (tertiary/aromatic N) is 4. The van der Waals surface area contributed by atoms with Crippen molar-refractivity contribution in [1.29, 1.82) is 21.0 Å². The van der Waals surface area contributed by atoms with Crippen LogP contribution in [0.4, 0.5) is 0 Å². The van der Waals surface area contributed by atoms with E-state index in [1.807, 2.05) is 0 Å². The summed E-state index contributed by atoms with van der Waals surface area (Å²) in [5.41, 5.74) is 0. The molecule has 0 radical (unpaired) electrons. The summed E-state index contributed by atoms with van der Waals surface area (Å²) in [5, 5.41) is 34.7. The molecular formula is C14H20N4P2. The van der Waals surface area contributed by atoms with E-state index in [1.165, 1.54) is 0 Å². The predicted molar refractivity (Wildman–Crippen MR) is 84.0 cm³/mol. The van der Waals surface area contributed by atoms with Crippen LogP contribution in [0.2, 0.25) is 0 Å². The monoisotopic (exact) mass is 306 g/mol. The summed E-state index contributed by atoms with van der Waals surface area (Å²) >= 11 is 0. The predicted octanol–water partition coefficient (Wildman–Crippen LogP) is 3.60. The zero-order chi connectivity index (χ0) is 15.1. The molecule has 0 fully saturated rings. The Hall–Kier alpha value is -1.18. The van der Waals surface area contributed by atoms with Crippen molar-refractivity contribution >= 4 is 15.8 Å². The first kappa shape index (κ1) is 18.8. The highest BCUT2D eigenvalue weighted by Crippen LogP contribution is 2.44. The number of hydrogen-bond donors (Lipinski definition) is 0. The van der Waals surface area contributed by atoms with Crippen molar-refractivity contribution in [2.75, 3.05) is 37.0 Å². The Kier molecular flexibility index (Phi) is 13.4. The molecule has 4 nitrogen and oxygen atoms in total. The van der Waals surface area contributed by atoms with Crippen LogP contribution in [-0.4, -0.2) is 37.0 Å². The van der Waals surface area contributed by atoms with Crippen LogP contribution in [-0.2, 0) is 0 Å². The van der Waals surface area contributed by atoms with Crippen molar-refractivity contribution in [2.24, 2.45) is 0 Å². The zero-order valence-electron chi connectivity index (χ0n) is 11.8. The summed E-state index contributed by atoms with van der Waals surface area (Å²) in [6.45, 7) is 0. The molecular weight excluding hydrogens is 286 g/mol. The lowest BCUT2D eigenvalue weighted by Gasteiger charge is -2.20. The molecule has 0 saturated heterocycles. The highest BCUT2D eigenvalue weighted by molar-refractivity contribution is 7.61. The lowest BCUT2D eigenvalue weighted by Crippen LogP contribution is -2.02. The summed E-state index contributed by atoms with van der Waals surface area (Å²) in [7, 11) is -0.459. The van der Waals surface area contributed by atoms with Crippen LogP contribution in [0.3, 0.4) is 0 Å². The van der Waals surface area contributed by atoms with Crippen molar-refractivity contribution in [1.82, 2.24) is 0 Å². The maximum Gasteiger partial charge on any atom is 0.0625 e. The molecule has 0 aliphatic heterocycles. The topological polar surface area (TPSA) is 95.2 Å². The number of hydrogen-bond acceptors (Lipinski definition) is 4. The van der Waals surface area contributed by atoms with E-state index in [1.54, 1.807) is 0 Å². The highest BCUT2D eigenvalue weighted by atomic mass is 31.1. The summed E-state index contributed by atoms with van der Waals surface area (Å²) in [6.07, 6.45) is 8.16. The van der Waals surface area contributed by atoms with E-state index in [0.717, 1.165) is 37.0 Å². The molecule has 0 N–H and O–H groups in total. The summed E-state index contributed by atoms with van der Waals surface area (Å²) in [6, 6.07) is 8.73. The minimum absolute atomic E-state index is 0.230. The third-order valence-corrected chi connectivity index (χ3v) is 8.38. The van der Waals surface area contributed by atoms with Crippen LogP contribution in [0.25, 0.3) is 0 Å². The molecule has 0 aromatic heterocycles. The summed E-state index contributed by atoms with van der Waals surface area (Å²) < 4.78 is 0. The normalized spacial score (nSPS) is 9.70. The largest absolute Gasteiger partial charge is 0.198 e. The van der Waals surface area contributed by atoms with Gasteiger partial charge < -0.3 is 0 Å². The van der Waals surface area contributed by atoms with Gasteiger partial charge >= 0.3 is 0 Å². The first-order chi connectivity index (χ1) is 9.78. The molecule has 0 bridgehead atoms. The second-order valence-corrected chi connectivity index (χ2v) is 9.68. The van der Waals surface area contributed by atoms with Crippen molar-refractivity contribution in [2.45, 2.75) is 25.7 Å². The fourth-order valence-electron chi connectivity index (χ4n) is 1.79. The fraction of sp³-hybridized carbons (Fsp3) is 0.714. The SMILES string of the molecule is N#CCCP(CCC#N)CCP(CCC#N)CCC#N. The van der Waals surface area contributed by atoms with E-state index in [4.69, 9.17) is 21.0 Å². The van der Waals surface area contributed by atoms with Crippen LogP contribution < -0.4 is 0 Å². The molecule has 0 saturated carbocycles. The lowest BCUT2D eigenvalue weighted by atomic mass is 10.5. The Morgan fingerprint density at radius 3 is 0.900 bits per heavy atom. The third-order valence-electron chi connectivity index (χ3n) is 2.89. The first-order valence-corrected chi connectivity index (χ1v) is 10.5. The molecule has 0 aromatic carbocycles. The second-order valence-electron chi connectivity index (χ2n) is 4.32. The zero-order valence-corrected chi connectivity index (χ0v) is 13.5. The van der Waals surface area contributed by atoms with E-state index < -0.39 is 0 Å². The minimum atomic E-state index is -0.230. The maximum absolute atomic E-state index is 8.68. The van der Waals surface area contributed by atoms with E-state index in [-0.39, 0.29) is 15.8 Å². The quantitative estimate of drug-likeness (QED) is 0.545. The van der Waals surface area contributed by atoms with Crippen LogP contribution in [0.15, 0.2) is 0 Å². The number of nitriles is 4. The smallest absolute Gasteiger partial charge is 0.0625 e. The van der Waals surface area contributed by atoms with E-state index in [9.17, 15) is 0 Å². The van der Waals surface area contributed by atoms with Gasteiger partial charge in [-0.3, -0.25) is 0 Å². The fourth-order valence-corrected chi connectivity index (χ4v) is 7.06. The molecule has 0 amide bonds. The Bertz CT molecular complexity index is 335. The van der Waals surface area contributed by atoms with Gasteiger partial charge in [-0.05, 0) is 37.0 Å². The first-order valence-electron chi connectivity index (χ1n) is 6.71. The van der Waals surface area contributed by atoms with Gasteiger partial charge in [-0.15, -0.1) is 15.8 Å². The van der Waals surface area contributed by atoms with Crippen molar-refractivity contribution in [3.8, 4) is 24.3 Å². The van der Waals surface area contributed by atoms with Gasteiger partial charge in [0.25, 0.3) is 0 Å². The molecule has 0 aromatic rings. The highest BCUT2D eigenvalue weighted by Gasteiger charge is 2.12. The maximum atomic E-state index is 8.68. The Balaban J connectivity index is 4.22. The molecule has 20 heavy (non-hydrogen) atoms. The standard InChI is InChI=1S/C14H20N4P2/c15-5-1-9-19(10-2-6-16)13-14-20(11-3-7-17)12-4-8-18/h1-4,9-14H2. The van der Waals surface area contributed by atoms with Gasteiger partial charge in [0.2, 0.25) is 0 Å². The van der Waals surface area contributed by atoms with Gasteiger partial charge in [0, 0.05) is 25.7 Å². The summed E-state index contributed by atoms with van der Waals surface area (Å²) in [4.78, 5) is 0. The average molecular weight is 306 g/mol. The van der Waals surface area contributed by atoms with Crippen LogP contribution in [0.5, 0.6) is 0 Å². The molecule has 0 heterocycles. The molecule has 106 valence electrons. The number of rotatable bonds is 11. The van der Waals surface area contributed by atoms with Crippen LogP contribution in [0, 0.1) is 45.3 Å². The van der Waals surface area contributed by atoms with Crippen LogP contribution in [0.1, 0.15) is 25.7 Å². The van der Waals surface area contributed by atoms with E-state index in [2.05, 4.69) is 24.3 Å². The minimum Gasteiger partial charge on any atom is -0.198 e. The Morgan fingerprint density at radius 1 is 0.450 bits per heavy atom. The van der Waals surface area contributed by atoms with Crippen LogP contribution >= 0.6 is 15.8 Å². The van der Waals surface area contributed by atoms with Gasteiger partial charge in [0.1, 0.15) is 0 Å². The molecule has 0 atom stereocenters. The van der Waals surface area contributed by atoms with Gasteiger partial charge in [0.05, 0.1) is 24.3 Å². The lowest BCUT2D eigenvalue weighted by molar-refractivity contribution is 1.15. The van der Waals surface area contributed by atoms with Crippen molar-refractivity contribution < 1.29 is 0 Å².